The van der Waals surface area contributed by atoms with Gasteiger partial charge in [-0.2, -0.15) is 0 Å². The number of rotatable bonds is 3. The summed E-state index contributed by atoms with van der Waals surface area (Å²) in [6, 6.07) is 4.45. The number of hydrogen-bond donors (Lipinski definition) is 3. The molecule has 0 spiro atoms. The van der Waals surface area contributed by atoms with E-state index in [1.165, 1.54) is 18.2 Å². The average Bonchev–Trinajstić information content (AvgIpc) is 2.41. The van der Waals surface area contributed by atoms with Gasteiger partial charge in [0.15, 0.2) is 23.3 Å². The second kappa shape index (κ2) is 5.11. The number of benzene rings is 1. The minimum absolute atomic E-state index is 0.0294. The van der Waals surface area contributed by atoms with Crippen LogP contribution in [-0.4, -0.2) is 4.98 Å². The highest BCUT2D eigenvalue weighted by Gasteiger charge is 2.19. The van der Waals surface area contributed by atoms with Gasteiger partial charge in [0.25, 0.3) is 0 Å². The highest BCUT2D eigenvalue weighted by atomic mass is 19.2. The number of aromatic nitrogens is 1. The molecule has 0 atom stereocenters. The minimum atomic E-state index is -1.54. The molecule has 19 heavy (non-hydrogen) atoms. The van der Waals surface area contributed by atoms with Crippen molar-refractivity contribution in [3.05, 3.63) is 47.5 Å². The van der Waals surface area contributed by atoms with Crippen molar-refractivity contribution >= 4 is 17.3 Å². The lowest BCUT2D eigenvalue weighted by Gasteiger charge is -2.10. The topological polar surface area (TPSA) is 63.0 Å². The van der Waals surface area contributed by atoms with E-state index in [0.717, 1.165) is 0 Å². The van der Waals surface area contributed by atoms with Crippen LogP contribution in [-0.2, 0) is 0 Å². The van der Waals surface area contributed by atoms with E-state index in [4.69, 9.17) is 5.84 Å². The van der Waals surface area contributed by atoms with Gasteiger partial charge in [-0.25, -0.2) is 28.4 Å². The lowest BCUT2D eigenvalue weighted by molar-refractivity contribution is 0.459. The van der Waals surface area contributed by atoms with Crippen LogP contribution >= 0.6 is 0 Å². The van der Waals surface area contributed by atoms with E-state index in [9.17, 15) is 17.6 Å². The number of hydrazine groups is 1. The quantitative estimate of drug-likeness (QED) is 0.348. The molecule has 100 valence electrons. The number of nitrogens with zero attached hydrogens (tertiary/aromatic N) is 1. The lowest BCUT2D eigenvalue weighted by Crippen LogP contribution is -2.10. The Balaban J connectivity index is 2.43. The molecule has 0 amide bonds. The fourth-order valence-electron chi connectivity index (χ4n) is 1.40. The standard InChI is InChI=1S/C11H8F4N4/c12-5-4-6(13)10(15)11(9(5)14)18-7-2-1-3-8(17-7)19-16/h1-4H,16H2,(H2,17,18,19). The van der Waals surface area contributed by atoms with Crippen molar-refractivity contribution in [3.8, 4) is 0 Å². The molecule has 2 rings (SSSR count). The van der Waals surface area contributed by atoms with E-state index >= 15 is 0 Å². The van der Waals surface area contributed by atoms with Gasteiger partial charge >= 0.3 is 0 Å². The van der Waals surface area contributed by atoms with Crippen LogP contribution in [0.15, 0.2) is 24.3 Å². The normalized spacial score (nSPS) is 10.4. The van der Waals surface area contributed by atoms with Crippen molar-refractivity contribution in [1.29, 1.82) is 0 Å². The SMILES string of the molecule is NNc1cccc(Nc2c(F)c(F)cc(F)c2F)n1. The molecule has 1 aromatic carbocycles. The molecule has 4 nitrogen and oxygen atoms in total. The Bertz CT molecular complexity index is 592. The first kappa shape index (κ1) is 13.1. The zero-order valence-electron chi connectivity index (χ0n) is 9.35. The number of nitrogen functional groups attached to an aromatic ring is 1. The van der Waals surface area contributed by atoms with Crippen molar-refractivity contribution in [1.82, 2.24) is 4.98 Å². The summed E-state index contributed by atoms with van der Waals surface area (Å²) < 4.78 is 52.8. The second-order valence-corrected chi connectivity index (χ2v) is 3.52. The number of anilines is 3. The van der Waals surface area contributed by atoms with Crippen LogP contribution in [0.1, 0.15) is 0 Å². The maximum Gasteiger partial charge on any atom is 0.185 e. The Morgan fingerprint density at radius 2 is 1.53 bits per heavy atom. The third-order valence-electron chi connectivity index (χ3n) is 2.26. The molecule has 0 unspecified atom stereocenters. The maximum absolute atomic E-state index is 13.4. The summed E-state index contributed by atoms with van der Waals surface area (Å²) in [5.41, 5.74) is 1.26. The van der Waals surface area contributed by atoms with Crippen molar-refractivity contribution in [2.24, 2.45) is 5.84 Å². The Hall–Kier alpha value is -2.35. The molecule has 0 aliphatic carbocycles. The van der Waals surface area contributed by atoms with Crippen LogP contribution in [0, 0.1) is 23.3 Å². The van der Waals surface area contributed by atoms with Crippen LogP contribution < -0.4 is 16.6 Å². The summed E-state index contributed by atoms with van der Waals surface area (Å²) >= 11 is 0. The first-order valence-electron chi connectivity index (χ1n) is 5.06. The van der Waals surface area contributed by atoms with E-state index in [1.54, 1.807) is 0 Å². The molecule has 0 saturated heterocycles. The van der Waals surface area contributed by atoms with Crippen LogP contribution in [0.25, 0.3) is 0 Å². The minimum Gasteiger partial charge on any atom is -0.335 e. The van der Waals surface area contributed by atoms with Crippen LogP contribution in [0.4, 0.5) is 34.9 Å². The molecule has 0 saturated carbocycles. The summed E-state index contributed by atoms with van der Waals surface area (Å²) in [6.07, 6.45) is 0. The van der Waals surface area contributed by atoms with Crippen molar-refractivity contribution in [3.63, 3.8) is 0 Å². The molecule has 0 aliphatic rings. The monoisotopic (exact) mass is 272 g/mol. The molecule has 0 bridgehead atoms. The Kier molecular flexibility index (Phi) is 3.52. The second-order valence-electron chi connectivity index (χ2n) is 3.52. The smallest absolute Gasteiger partial charge is 0.185 e. The van der Waals surface area contributed by atoms with E-state index < -0.39 is 29.0 Å². The molecule has 0 aliphatic heterocycles. The van der Waals surface area contributed by atoms with Gasteiger partial charge in [-0.15, -0.1) is 0 Å². The lowest BCUT2D eigenvalue weighted by atomic mass is 10.2. The fraction of sp³-hybridized carbons (Fsp3) is 0. The summed E-state index contributed by atoms with van der Waals surface area (Å²) in [4.78, 5) is 3.80. The Morgan fingerprint density at radius 3 is 2.11 bits per heavy atom. The van der Waals surface area contributed by atoms with Crippen LogP contribution in [0.3, 0.4) is 0 Å². The highest BCUT2D eigenvalue weighted by Crippen LogP contribution is 2.26. The number of nitrogens with one attached hydrogen (secondary N) is 2. The Morgan fingerprint density at radius 1 is 0.947 bits per heavy atom. The zero-order valence-corrected chi connectivity index (χ0v) is 9.35. The molecular weight excluding hydrogens is 264 g/mol. The molecule has 2 aromatic rings. The van der Waals surface area contributed by atoms with Crippen LogP contribution in [0.5, 0.6) is 0 Å². The van der Waals surface area contributed by atoms with Gasteiger partial charge in [0.05, 0.1) is 0 Å². The zero-order chi connectivity index (χ0) is 14.0. The van der Waals surface area contributed by atoms with Gasteiger partial charge in [-0.1, -0.05) is 6.07 Å². The third kappa shape index (κ3) is 2.58. The van der Waals surface area contributed by atoms with Crippen molar-refractivity contribution in [2.75, 3.05) is 10.7 Å². The Labute approximate surface area is 105 Å². The highest BCUT2D eigenvalue weighted by molar-refractivity contribution is 5.59. The molecule has 1 aromatic heterocycles. The summed E-state index contributed by atoms with van der Waals surface area (Å²) in [5, 5.41) is 2.16. The van der Waals surface area contributed by atoms with E-state index in [1.807, 2.05) is 0 Å². The largest absolute Gasteiger partial charge is 0.335 e. The molecular formula is C11H8F4N4. The summed E-state index contributed by atoms with van der Waals surface area (Å²) in [6.45, 7) is 0. The first-order valence-corrected chi connectivity index (χ1v) is 5.06. The predicted molar refractivity (Wildman–Crippen MR) is 61.6 cm³/mol. The predicted octanol–water partition coefficient (Wildman–Crippen LogP) is 2.67. The number of halogens is 4. The van der Waals surface area contributed by atoms with E-state index in [0.29, 0.717) is 0 Å². The van der Waals surface area contributed by atoms with E-state index in [2.05, 4.69) is 15.7 Å². The molecule has 8 heteroatoms. The van der Waals surface area contributed by atoms with Gasteiger partial charge in [0, 0.05) is 6.07 Å². The number of pyridine rings is 1. The number of hydrogen-bond acceptors (Lipinski definition) is 4. The third-order valence-corrected chi connectivity index (χ3v) is 2.26. The van der Waals surface area contributed by atoms with Gasteiger partial charge in [-0.3, -0.25) is 0 Å². The van der Waals surface area contributed by atoms with Crippen molar-refractivity contribution in [2.45, 2.75) is 0 Å². The average molecular weight is 272 g/mol. The molecule has 0 fully saturated rings. The number of nitrogens with two attached hydrogens (primary N) is 1. The maximum atomic E-state index is 13.4. The molecule has 0 radical (unpaired) electrons. The van der Waals surface area contributed by atoms with Crippen LogP contribution in [0.2, 0.25) is 0 Å². The van der Waals surface area contributed by atoms with Gasteiger partial charge in [0.2, 0.25) is 0 Å². The van der Waals surface area contributed by atoms with Gasteiger partial charge in [-0.05, 0) is 12.1 Å². The summed E-state index contributed by atoms with van der Waals surface area (Å²) in [7, 11) is 0. The van der Waals surface area contributed by atoms with E-state index in [-0.39, 0.29) is 17.7 Å². The molecule has 4 N–H and O–H groups in total. The first-order chi connectivity index (χ1) is 9.02. The summed E-state index contributed by atoms with van der Waals surface area (Å²) in [5.74, 6) is -0.788. The van der Waals surface area contributed by atoms with Crippen molar-refractivity contribution < 1.29 is 17.6 Å². The molecule has 1 heterocycles. The fourth-order valence-corrected chi connectivity index (χ4v) is 1.40. The van der Waals surface area contributed by atoms with Gasteiger partial charge in [0.1, 0.15) is 17.3 Å². The van der Waals surface area contributed by atoms with Gasteiger partial charge < -0.3 is 10.7 Å².